The summed E-state index contributed by atoms with van der Waals surface area (Å²) in [6.45, 7) is 5.78. The number of nitrogens with zero attached hydrogens (tertiary/aromatic N) is 1. The zero-order chi connectivity index (χ0) is 15.8. The molecule has 4 nitrogen and oxygen atoms in total. The minimum atomic E-state index is 0. The lowest BCUT2D eigenvalue weighted by atomic mass is 10.2. The smallest absolute Gasteiger partial charge is 0.220 e. The first-order valence-electron chi connectivity index (χ1n) is 8.03. The van der Waals surface area contributed by atoms with Gasteiger partial charge in [-0.1, -0.05) is 19.1 Å². The van der Waals surface area contributed by atoms with Crippen LogP contribution in [0.25, 0.3) is 10.2 Å². The molecule has 0 aliphatic rings. The predicted molar refractivity (Wildman–Crippen MR) is 108 cm³/mol. The van der Waals surface area contributed by atoms with Crippen molar-refractivity contribution >= 4 is 52.3 Å². The number of hydrogen-bond donors (Lipinski definition) is 2. The van der Waals surface area contributed by atoms with E-state index in [9.17, 15) is 4.79 Å². The van der Waals surface area contributed by atoms with Crippen LogP contribution in [0.4, 0.5) is 0 Å². The Morgan fingerprint density at radius 1 is 1.25 bits per heavy atom. The molecule has 136 valence electrons. The summed E-state index contributed by atoms with van der Waals surface area (Å²) >= 11 is 1.76. The summed E-state index contributed by atoms with van der Waals surface area (Å²) in [5.74, 6) is 0.147. The lowest BCUT2D eigenvalue weighted by Crippen LogP contribution is -2.38. The summed E-state index contributed by atoms with van der Waals surface area (Å²) in [6, 6.07) is 8.55. The third-order valence-electron chi connectivity index (χ3n) is 3.54. The van der Waals surface area contributed by atoms with Crippen molar-refractivity contribution in [2.75, 3.05) is 13.1 Å². The number of carbonyl (C=O) groups is 1. The van der Waals surface area contributed by atoms with Crippen molar-refractivity contribution in [2.45, 2.75) is 45.6 Å². The standard InChI is InChI=1S/C17H25N3OS.2ClH/c1-3-18-13(2)12-19-16(21)10-6-7-11-17-20-14-8-4-5-9-15(14)22-17;;/h4-5,8-9,13,18H,3,6-7,10-12H2,1-2H3,(H,19,21);2*1H/t13-;;/m1../s1. The first-order valence-corrected chi connectivity index (χ1v) is 8.85. The van der Waals surface area contributed by atoms with Gasteiger partial charge in [-0.2, -0.15) is 0 Å². The summed E-state index contributed by atoms with van der Waals surface area (Å²) in [7, 11) is 0. The molecule has 0 aliphatic heterocycles. The van der Waals surface area contributed by atoms with Crippen LogP contribution in [0.3, 0.4) is 0 Å². The highest BCUT2D eigenvalue weighted by atomic mass is 35.5. The maximum atomic E-state index is 11.8. The maximum absolute atomic E-state index is 11.8. The molecule has 0 saturated heterocycles. The average molecular weight is 392 g/mol. The number of amides is 1. The summed E-state index contributed by atoms with van der Waals surface area (Å²) < 4.78 is 1.24. The van der Waals surface area contributed by atoms with Crippen molar-refractivity contribution in [1.82, 2.24) is 15.6 Å². The number of para-hydroxylation sites is 1. The summed E-state index contributed by atoms with van der Waals surface area (Å²) in [5, 5.41) is 7.42. The Balaban J connectivity index is 0.00000264. The minimum Gasteiger partial charge on any atom is -0.355 e. The molecule has 24 heavy (non-hydrogen) atoms. The Kier molecular flexibility index (Phi) is 12.0. The minimum absolute atomic E-state index is 0. The molecule has 0 saturated carbocycles. The second-order valence-electron chi connectivity index (χ2n) is 5.55. The van der Waals surface area contributed by atoms with E-state index in [2.05, 4.69) is 35.5 Å². The van der Waals surface area contributed by atoms with Crippen LogP contribution >= 0.6 is 36.2 Å². The number of rotatable bonds is 9. The third kappa shape index (κ3) is 7.79. The van der Waals surface area contributed by atoms with Crippen LogP contribution in [0.15, 0.2) is 24.3 Å². The van der Waals surface area contributed by atoms with Gasteiger partial charge in [0.2, 0.25) is 5.91 Å². The largest absolute Gasteiger partial charge is 0.355 e. The predicted octanol–water partition coefficient (Wildman–Crippen LogP) is 3.97. The molecule has 1 heterocycles. The molecule has 1 aromatic heterocycles. The third-order valence-corrected chi connectivity index (χ3v) is 4.64. The Morgan fingerprint density at radius 3 is 2.71 bits per heavy atom. The monoisotopic (exact) mass is 391 g/mol. The number of benzene rings is 1. The average Bonchev–Trinajstić information content (AvgIpc) is 2.92. The van der Waals surface area contributed by atoms with Crippen LogP contribution in [0, 0.1) is 0 Å². The van der Waals surface area contributed by atoms with Crippen LogP contribution in [-0.4, -0.2) is 30.0 Å². The van der Waals surface area contributed by atoms with Gasteiger partial charge in [0.1, 0.15) is 0 Å². The van der Waals surface area contributed by atoms with Gasteiger partial charge in [-0.3, -0.25) is 4.79 Å². The Hall–Kier alpha value is -0.880. The number of nitrogens with one attached hydrogen (secondary N) is 2. The molecule has 1 atom stereocenters. The fraction of sp³-hybridized carbons (Fsp3) is 0.529. The first-order chi connectivity index (χ1) is 10.7. The van der Waals surface area contributed by atoms with Gasteiger partial charge in [0, 0.05) is 19.0 Å². The van der Waals surface area contributed by atoms with Gasteiger partial charge in [0.25, 0.3) is 0 Å². The SMILES string of the molecule is CCN[C@H](C)CNC(=O)CCCCc1nc2ccccc2s1.Cl.Cl. The highest BCUT2D eigenvalue weighted by molar-refractivity contribution is 7.18. The van der Waals surface area contributed by atoms with Crippen molar-refractivity contribution in [3.05, 3.63) is 29.3 Å². The molecule has 0 spiro atoms. The number of halogens is 2. The number of fused-ring (bicyclic) bond motifs is 1. The number of hydrogen-bond acceptors (Lipinski definition) is 4. The molecule has 0 unspecified atom stereocenters. The summed E-state index contributed by atoms with van der Waals surface area (Å²) in [4.78, 5) is 16.4. The fourth-order valence-electron chi connectivity index (χ4n) is 2.36. The molecular formula is C17H27Cl2N3OS. The molecule has 0 radical (unpaired) electrons. The normalized spacial score (nSPS) is 11.4. The van der Waals surface area contributed by atoms with Crippen molar-refractivity contribution in [1.29, 1.82) is 0 Å². The number of likely N-dealkylation sites (N-methyl/N-ethyl adjacent to an activating group) is 1. The van der Waals surface area contributed by atoms with E-state index in [-0.39, 0.29) is 30.7 Å². The van der Waals surface area contributed by atoms with E-state index < -0.39 is 0 Å². The summed E-state index contributed by atoms with van der Waals surface area (Å²) in [5.41, 5.74) is 1.08. The van der Waals surface area contributed by atoms with Gasteiger partial charge in [-0.25, -0.2) is 4.98 Å². The van der Waals surface area contributed by atoms with E-state index in [0.29, 0.717) is 19.0 Å². The van der Waals surface area contributed by atoms with E-state index in [1.165, 1.54) is 9.71 Å². The number of carbonyl (C=O) groups excluding carboxylic acids is 1. The van der Waals surface area contributed by atoms with Gasteiger partial charge in [0.05, 0.1) is 15.2 Å². The molecule has 2 aromatic rings. The van der Waals surface area contributed by atoms with Crippen LogP contribution in [0.5, 0.6) is 0 Å². The molecule has 0 aliphatic carbocycles. The quantitative estimate of drug-likeness (QED) is 0.635. The highest BCUT2D eigenvalue weighted by Crippen LogP contribution is 2.22. The van der Waals surface area contributed by atoms with Crippen molar-refractivity contribution in [3.8, 4) is 0 Å². The van der Waals surface area contributed by atoms with Gasteiger partial charge >= 0.3 is 0 Å². The van der Waals surface area contributed by atoms with Gasteiger partial charge in [0.15, 0.2) is 0 Å². The zero-order valence-electron chi connectivity index (χ0n) is 14.2. The Bertz CT molecular complexity index is 573. The lowest BCUT2D eigenvalue weighted by Gasteiger charge is -2.13. The Labute approximate surface area is 160 Å². The van der Waals surface area contributed by atoms with E-state index in [0.717, 1.165) is 31.3 Å². The van der Waals surface area contributed by atoms with E-state index in [4.69, 9.17) is 0 Å². The second kappa shape index (κ2) is 12.5. The fourth-order valence-corrected chi connectivity index (χ4v) is 3.37. The summed E-state index contributed by atoms with van der Waals surface area (Å²) in [6.07, 6.45) is 3.48. The van der Waals surface area contributed by atoms with E-state index in [1.807, 2.05) is 18.2 Å². The van der Waals surface area contributed by atoms with Crippen LogP contribution in [0.2, 0.25) is 0 Å². The number of unbranched alkanes of at least 4 members (excludes halogenated alkanes) is 1. The van der Waals surface area contributed by atoms with Gasteiger partial charge in [-0.05, 0) is 44.9 Å². The van der Waals surface area contributed by atoms with Crippen molar-refractivity contribution in [3.63, 3.8) is 0 Å². The number of thiazole rings is 1. The molecular weight excluding hydrogens is 365 g/mol. The molecule has 0 bridgehead atoms. The molecule has 1 aromatic carbocycles. The molecule has 2 rings (SSSR count). The lowest BCUT2D eigenvalue weighted by molar-refractivity contribution is -0.121. The molecule has 1 amide bonds. The molecule has 2 N–H and O–H groups in total. The second-order valence-corrected chi connectivity index (χ2v) is 6.66. The molecule has 0 fully saturated rings. The molecule has 7 heteroatoms. The van der Waals surface area contributed by atoms with Gasteiger partial charge in [-0.15, -0.1) is 36.2 Å². The van der Waals surface area contributed by atoms with Crippen LogP contribution < -0.4 is 10.6 Å². The Morgan fingerprint density at radius 2 is 2.00 bits per heavy atom. The maximum Gasteiger partial charge on any atom is 0.220 e. The van der Waals surface area contributed by atoms with Crippen LogP contribution in [0.1, 0.15) is 38.1 Å². The van der Waals surface area contributed by atoms with Crippen molar-refractivity contribution < 1.29 is 4.79 Å². The van der Waals surface area contributed by atoms with E-state index in [1.54, 1.807) is 11.3 Å². The van der Waals surface area contributed by atoms with E-state index >= 15 is 0 Å². The first kappa shape index (κ1) is 23.1. The topological polar surface area (TPSA) is 54.0 Å². The highest BCUT2D eigenvalue weighted by Gasteiger charge is 2.06. The zero-order valence-corrected chi connectivity index (χ0v) is 16.7. The number of aryl methyl sites for hydroxylation is 1. The number of aromatic nitrogens is 1. The van der Waals surface area contributed by atoms with Crippen LogP contribution in [-0.2, 0) is 11.2 Å². The van der Waals surface area contributed by atoms with Gasteiger partial charge < -0.3 is 10.6 Å². The van der Waals surface area contributed by atoms with Crippen molar-refractivity contribution in [2.24, 2.45) is 0 Å².